The number of amides is 2. The second-order valence-electron chi connectivity index (χ2n) is 4.37. The zero-order chi connectivity index (χ0) is 16.1. The number of thioether (sulfide) groups is 1. The van der Waals surface area contributed by atoms with Crippen molar-refractivity contribution in [3.05, 3.63) is 59.0 Å². The fourth-order valence-corrected chi connectivity index (χ4v) is 2.90. The highest BCUT2D eigenvalue weighted by Crippen LogP contribution is 2.33. The molecule has 0 aromatic heterocycles. The summed E-state index contributed by atoms with van der Waals surface area (Å²) in [6.45, 7) is 7.67. The molecular formula is C16H14ClNO3S. The van der Waals surface area contributed by atoms with E-state index in [2.05, 4.69) is 13.2 Å². The molecule has 0 saturated carbocycles. The van der Waals surface area contributed by atoms with Crippen molar-refractivity contribution in [3.8, 4) is 5.75 Å². The highest BCUT2D eigenvalue weighted by atomic mass is 35.5. The van der Waals surface area contributed by atoms with Gasteiger partial charge in [-0.2, -0.15) is 0 Å². The summed E-state index contributed by atoms with van der Waals surface area (Å²) in [4.78, 5) is 25.4. The summed E-state index contributed by atoms with van der Waals surface area (Å²) in [7, 11) is 0. The first-order valence-electron chi connectivity index (χ1n) is 6.46. The Balaban J connectivity index is 2.21. The number of hydrogen-bond acceptors (Lipinski definition) is 4. The van der Waals surface area contributed by atoms with Crippen LogP contribution in [0.3, 0.4) is 0 Å². The molecule has 1 saturated heterocycles. The van der Waals surface area contributed by atoms with Crippen molar-refractivity contribution in [2.75, 3.05) is 13.2 Å². The number of halogens is 1. The second-order valence-corrected chi connectivity index (χ2v) is 5.77. The molecule has 0 bridgehead atoms. The summed E-state index contributed by atoms with van der Waals surface area (Å²) in [6.07, 6.45) is 4.78. The highest BCUT2D eigenvalue weighted by molar-refractivity contribution is 8.18. The maximum absolute atomic E-state index is 12.1. The minimum Gasteiger partial charge on any atom is -0.488 e. The SMILES string of the molecule is C=CCOc1ccc(C=C2SC(=O)N(CC=C)C2=O)cc1Cl. The molecule has 2 rings (SSSR count). The molecule has 22 heavy (non-hydrogen) atoms. The average Bonchev–Trinajstić information content (AvgIpc) is 2.74. The maximum atomic E-state index is 12.1. The quantitative estimate of drug-likeness (QED) is 0.579. The van der Waals surface area contributed by atoms with Crippen molar-refractivity contribution in [1.82, 2.24) is 4.90 Å². The van der Waals surface area contributed by atoms with Crippen LogP contribution in [0.25, 0.3) is 6.08 Å². The predicted octanol–water partition coefficient (Wildman–Crippen LogP) is 4.13. The normalized spacial score (nSPS) is 16.2. The molecule has 1 aromatic carbocycles. The fourth-order valence-electron chi connectivity index (χ4n) is 1.81. The predicted molar refractivity (Wildman–Crippen MR) is 90.0 cm³/mol. The van der Waals surface area contributed by atoms with Crippen molar-refractivity contribution < 1.29 is 14.3 Å². The number of hydrogen-bond donors (Lipinski definition) is 0. The van der Waals surface area contributed by atoms with E-state index in [-0.39, 0.29) is 17.7 Å². The van der Waals surface area contributed by atoms with E-state index in [1.807, 2.05) is 0 Å². The number of carbonyl (C=O) groups excluding carboxylic acids is 2. The molecule has 4 nitrogen and oxygen atoms in total. The highest BCUT2D eigenvalue weighted by Gasteiger charge is 2.33. The van der Waals surface area contributed by atoms with Gasteiger partial charge in [-0.05, 0) is 35.5 Å². The Bertz CT molecular complexity index is 669. The largest absolute Gasteiger partial charge is 0.488 e. The number of benzene rings is 1. The Morgan fingerprint density at radius 3 is 2.68 bits per heavy atom. The van der Waals surface area contributed by atoms with Crippen LogP contribution in [-0.2, 0) is 4.79 Å². The van der Waals surface area contributed by atoms with Gasteiger partial charge in [-0.1, -0.05) is 36.4 Å². The monoisotopic (exact) mass is 335 g/mol. The number of ether oxygens (including phenoxy) is 1. The van der Waals surface area contributed by atoms with Crippen LogP contribution in [0.2, 0.25) is 5.02 Å². The Kier molecular flexibility index (Phi) is 5.46. The van der Waals surface area contributed by atoms with Gasteiger partial charge in [0.25, 0.3) is 11.1 Å². The molecule has 2 amide bonds. The Labute approximate surface area is 138 Å². The van der Waals surface area contributed by atoms with Gasteiger partial charge < -0.3 is 4.74 Å². The van der Waals surface area contributed by atoms with Crippen LogP contribution in [0.15, 0.2) is 48.4 Å². The smallest absolute Gasteiger partial charge is 0.293 e. The van der Waals surface area contributed by atoms with Crippen molar-refractivity contribution in [3.63, 3.8) is 0 Å². The van der Waals surface area contributed by atoms with Crippen LogP contribution in [-0.4, -0.2) is 29.2 Å². The number of imide groups is 1. The van der Waals surface area contributed by atoms with Crippen molar-refractivity contribution >= 4 is 40.6 Å². The first-order chi connectivity index (χ1) is 10.6. The lowest BCUT2D eigenvalue weighted by atomic mass is 10.2. The molecule has 1 fully saturated rings. The van der Waals surface area contributed by atoms with Crippen LogP contribution >= 0.6 is 23.4 Å². The summed E-state index contributed by atoms with van der Waals surface area (Å²) < 4.78 is 5.38. The minimum absolute atomic E-state index is 0.205. The zero-order valence-electron chi connectivity index (χ0n) is 11.8. The van der Waals surface area contributed by atoms with Gasteiger partial charge in [-0.25, -0.2) is 0 Å². The molecule has 1 aromatic rings. The molecule has 0 radical (unpaired) electrons. The van der Waals surface area contributed by atoms with Crippen LogP contribution in [0.1, 0.15) is 5.56 Å². The molecule has 1 aliphatic rings. The number of nitrogens with zero attached hydrogens (tertiary/aromatic N) is 1. The molecule has 1 heterocycles. The summed E-state index contributed by atoms with van der Waals surface area (Å²) in [6, 6.07) is 5.17. The average molecular weight is 336 g/mol. The first-order valence-corrected chi connectivity index (χ1v) is 7.65. The third kappa shape index (κ3) is 3.61. The van der Waals surface area contributed by atoms with E-state index in [0.29, 0.717) is 22.3 Å². The summed E-state index contributed by atoms with van der Waals surface area (Å²) >= 11 is 7.03. The van der Waals surface area contributed by atoms with E-state index in [1.165, 1.54) is 6.08 Å². The van der Waals surface area contributed by atoms with Gasteiger partial charge in [-0.15, -0.1) is 6.58 Å². The van der Waals surface area contributed by atoms with Crippen LogP contribution in [0.4, 0.5) is 4.79 Å². The number of carbonyl (C=O) groups is 2. The van der Waals surface area contributed by atoms with Crippen LogP contribution in [0, 0.1) is 0 Å². The van der Waals surface area contributed by atoms with Gasteiger partial charge >= 0.3 is 0 Å². The molecule has 114 valence electrons. The molecule has 0 aliphatic carbocycles. The van der Waals surface area contributed by atoms with Gasteiger partial charge in [0, 0.05) is 6.54 Å². The summed E-state index contributed by atoms with van der Waals surface area (Å²) in [5.41, 5.74) is 0.722. The topological polar surface area (TPSA) is 46.6 Å². The molecular weight excluding hydrogens is 322 g/mol. The van der Waals surface area contributed by atoms with E-state index in [0.717, 1.165) is 22.2 Å². The van der Waals surface area contributed by atoms with E-state index in [4.69, 9.17) is 16.3 Å². The number of rotatable bonds is 6. The molecule has 0 atom stereocenters. The molecule has 1 aliphatic heterocycles. The van der Waals surface area contributed by atoms with Gasteiger partial charge in [0.15, 0.2) is 0 Å². The van der Waals surface area contributed by atoms with Crippen LogP contribution in [0.5, 0.6) is 5.75 Å². The van der Waals surface area contributed by atoms with E-state index >= 15 is 0 Å². The van der Waals surface area contributed by atoms with Gasteiger partial charge in [0.1, 0.15) is 12.4 Å². The minimum atomic E-state index is -0.321. The Morgan fingerprint density at radius 1 is 1.27 bits per heavy atom. The fraction of sp³-hybridized carbons (Fsp3) is 0.125. The van der Waals surface area contributed by atoms with Crippen LogP contribution < -0.4 is 4.74 Å². The maximum Gasteiger partial charge on any atom is 0.293 e. The Morgan fingerprint density at radius 2 is 2.05 bits per heavy atom. The van der Waals surface area contributed by atoms with E-state index in [9.17, 15) is 9.59 Å². The Hall–Kier alpha value is -1.98. The lowest BCUT2D eigenvalue weighted by molar-refractivity contribution is -0.122. The molecule has 6 heteroatoms. The lowest BCUT2D eigenvalue weighted by Gasteiger charge is -2.08. The summed E-state index contributed by atoms with van der Waals surface area (Å²) in [5.74, 6) is 0.219. The zero-order valence-corrected chi connectivity index (χ0v) is 13.3. The van der Waals surface area contributed by atoms with E-state index in [1.54, 1.807) is 30.4 Å². The summed E-state index contributed by atoms with van der Waals surface area (Å²) in [5, 5.41) is 0.133. The third-order valence-corrected chi connectivity index (χ3v) is 4.00. The van der Waals surface area contributed by atoms with Gasteiger partial charge in [0.2, 0.25) is 0 Å². The van der Waals surface area contributed by atoms with Crippen molar-refractivity contribution in [2.45, 2.75) is 0 Å². The third-order valence-electron chi connectivity index (χ3n) is 2.80. The van der Waals surface area contributed by atoms with Crippen molar-refractivity contribution in [2.24, 2.45) is 0 Å². The second kappa shape index (κ2) is 7.33. The standard InChI is InChI=1S/C16H14ClNO3S/c1-3-7-18-15(19)14(22-16(18)20)10-11-5-6-13(12(17)9-11)21-8-4-2/h3-6,9-10H,1-2,7-8H2. The molecule has 0 unspecified atom stereocenters. The van der Waals surface area contributed by atoms with Gasteiger partial charge in [-0.3, -0.25) is 14.5 Å². The van der Waals surface area contributed by atoms with E-state index < -0.39 is 0 Å². The first kappa shape index (κ1) is 16.4. The van der Waals surface area contributed by atoms with Gasteiger partial charge in [0.05, 0.1) is 9.93 Å². The molecule has 0 N–H and O–H groups in total. The molecule has 0 spiro atoms. The lowest BCUT2D eigenvalue weighted by Crippen LogP contribution is -2.27. The van der Waals surface area contributed by atoms with Crippen molar-refractivity contribution in [1.29, 1.82) is 0 Å².